The molecule has 1 fully saturated rings. The summed E-state index contributed by atoms with van der Waals surface area (Å²) in [6, 6.07) is 5.44. The van der Waals surface area contributed by atoms with Crippen molar-refractivity contribution >= 4 is 17.5 Å². The van der Waals surface area contributed by atoms with Gasteiger partial charge in [0.1, 0.15) is 12.4 Å². The molecule has 120 valence electrons. The van der Waals surface area contributed by atoms with E-state index in [1.54, 1.807) is 4.90 Å². The largest absolute Gasteiger partial charge is 0.381 e. The summed E-state index contributed by atoms with van der Waals surface area (Å²) in [4.78, 5) is 26.1. The van der Waals surface area contributed by atoms with Gasteiger partial charge in [-0.25, -0.2) is 4.39 Å². The van der Waals surface area contributed by atoms with Crippen LogP contribution < -0.4 is 5.32 Å². The Hall–Kier alpha value is -1.95. The van der Waals surface area contributed by atoms with E-state index in [9.17, 15) is 14.0 Å². The molecule has 1 aliphatic rings. The van der Waals surface area contributed by atoms with Crippen LogP contribution in [0.25, 0.3) is 0 Å². The summed E-state index contributed by atoms with van der Waals surface area (Å²) >= 11 is 0. The van der Waals surface area contributed by atoms with Gasteiger partial charge in [0.2, 0.25) is 11.8 Å². The van der Waals surface area contributed by atoms with E-state index in [0.29, 0.717) is 25.3 Å². The van der Waals surface area contributed by atoms with Crippen molar-refractivity contribution in [3.63, 3.8) is 0 Å². The van der Waals surface area contributed by atoms with E-state index in [4.69, 9.17) is 4.74 Å². The van der Waals surface area contributed by atoms with Crippen LogP contribution in [0.15, 0.2) is 24.3 Å². The highest BCUT2D eigenvalue weighted by Gasteiger charge is 2.30. The maximum Gasteiger partial charge on any atom is 0.244 e. The molecule has 0 spiro atoms. The van der Waals surface area contributed by atoms with Crippen molar-refractivity contribution in [1.82, 2.24) is 4.90 Å². The predicted molar refractivity (Wildman–Crippen MR) is 80.8 cm³/mol. The Labute approximate surface area is 129 Å². The average molecular weight is 308 g/mol. The second kappa shape index (κ2) is 7.35. The molecule has 5 nitrogen and oxygen atoms in total. The van der Waals surface area contributed by atoms with E-state index in [1.807, 2.05) is 13.8 Å². The van der Waals surface area contributed by atoms with Gasteiger partial charge in [-0.1, -0.05) is 0 Å². The molecular weight excluding hydrogens is 287 g/mol. The van der Waals surface area contributed by atoms with Gasteiger partial charge in [-0.15, -0.1) is 0 Å². The minimum absolute atomic E-state index is 0.0234. The zero-order valence-corrected chi connectivity index (χ0v) is 12.8. The lowest BCUT2D eigenvalue weighted by Crippen LogP contribution is -2.45. The average Bonchev–Trinajstić information content (AvgIpc) is 3.00. The number of benzene rings is 1. The van der Waals surface area contributed by atoms with Crippen LogP contribution in [0.5, 0.6) is 0 Å². The van der Waals surface area contributed by atoms with Gasteiger partial charge in [-0.2, -0.15) is 0 Å². The van der Waals surface area contributed by atoms with Crippen LogP contribution in [-0.2, 0) is 14.3 Å². The maximum atomic E-state index is 12.8. The fraction of sp³-hybridized carbons (Fsp3) is 0.500. The highest BCUT2D eigenvalue weighted by molar-refractivity contribution is 5.94. The fourth-order valence-corrected chi connectivity index (χ4v) is 2.37. The smallest absolute Gasteiger partial charge is 0.244 e. The molecule has 1 atom stereocenters. The van der Waals surface area contributed by atoms with Crippen LogP contribution in [-0.4, -0.2) is 42.5 Å². The molecule has 0 aliphatic carbocycles. The van der Waals surface area contributed by atoms with Crippen LogP contribution in [0.4, 0.5) is 10.1 Å². The highest BCUT2D eigenvalue weighted by atomic mass is 19.1. The molecule has 2 amide bonds. The Morgan fingerprint density at radius 3 is 2.59 bits per heavy atom. The standard InChI is InChI=1S/C16H21FN2O3/c1-11(2)19(16(21)12-7-8-22-10-12)9-15(20)18-14-5-3-13(17)4-6-14/h3-6,11-12H,7-10H2,1-2H3,(H,18,20)/t12-/m0/s1. The van der Waals surface area contributed by atoms with E-state index in [-0.39, 0.29) is 36.1 Å². The molecule has 0 aromatic heterocycles. The molecule has 1 saturated heterocycles. The molecule has 1 N–H and O–H groups in total. The number of amides is 2. The van der Waals surface area contributed by atoms with Crippen LogP contribution in [0, 0.1) is 11.7 Å². The van der Waals surface area contributed by atoms with Crippen LogP contribution >= 0.6 is 0 Å². The number of anilines is 1. The van der Waals surface area contributed by atoms with Gasteiger partial charge in [0.25, 0.3) is 0 Å². The van der Waals surface area contributed by atoms with Crippen LogP contribution in [0.1, 0.15) is 20.3 Å². The Morgan fingerprint density at radius 1 is 1.36 bits per heavy atom. The first-order valence-corrected chi connectivity index (χ1v) is 7.41. The van der Waals surface area contributed by atoms with E-state index in [0.717, 1.165) is 0 Å². The third-order valence-electron chi connectivity index (χ3n) is 3.63. The number of rotatable bonds is 5. The number of nitrogens with zero attached hydrogens (tertiary/aromatic N) is 1. The van der Waals surface area contributed by atoms with Crippen molar-refractivity contribution in [3.8, 4) is 0 Å². The molecule has 1 heterocycles. The summed E-state index contributed by atoms with van der Waals surface area (Å²) in [5, 5.41) is 2.67. The van der Waals surface area contributed by atoms with E-state index in [2.05, 4.69) is 5.32 Å². The summed E-state index contributed by atoms with van der Waals surface area (Å²) in [7, 11) is 0. The van der Waals surface area contributed by atoms with Crippen molar-refractivity contribution in [2.45, 2.75) is 26.3 Å². The minimum Gasteiger partial charge on any atom is -0.381 e. The molecule has 0 unspecified atom stereocenters. The summed E-state index contributed by atoms with van der Waals surface area (Å²) in [6.45, 7) is 4.73. The number of nitrogens with one attached hydrogen (secondary N) is 1. The summed E-state index contributed by atoms with van der Waals surface area (Å²) in [5.74, 6) is -0.881. The molecule has 0 bridgehead atoms. The van der Waals surface area contributed by atoms with Gasteiger partial charge < -0.3 is 15.0 Å². The predicted octanol–water partition coefficient (Wildman–Crippen LogP) is 2.04. The second-order valence-electron chi connectivity index (χ2n) is 5.68. The van der Waals surface area contributed by atoms with E-state index >= 15 is 0 Å². The van der Waals surface area contributed by atoms with Crippen LogP contribution in [0.3, 0.4) is 0 Å². The van der Waals surface area contributed by atoms with Crippen molar-refractivity contribution in [2.75, 3.05) is 25.1 Å². The number of halogens is 1. The van der Waals surface area contributed by atoms with Gasteiger partial charge in [-0.3, -0.25) is 9.59 Å². The van der Waals surface area contributed by atoms with Gasteiger partial charge in [0.05, 0.1) is 12.5 Å². The summed E-state index contributed by atoms with van der Waals surface area (Å²) in [6.07, 6.45) is 0.696. The van der Waals surface area contributed by atoms with Crippen molar-refractivity contribution in [1.29, 1.82) is 0 Å². The Balaban J connectivity index is 1.96. The lowest BCUT2D eigenvalue weighted by molar-refractivity contribution is -0.140. The van der Waals surface area contributed by atoms with Gasteiger partial charge in [0.15, 0.2) is 0 Å². The first kappa shape index (κ1) is 16.4. The number of hydrogen-bond acceptors (Lipinski definition) is 3. The first-order valence-electron chi connectivity index (χ1n) is 7.41. The summed E-state index contributed by atoms with van der Waals surface area (Å²) in [5.41, 5.74) is 0.506. The fourth-order valence-electron chi connectivity index (χ4n) is 2.37. The Kier molecular flexibility index (Phi) is 5.49. The molecular formula is C16H21FN2O3. The quantitative estimate of drug-likeness (QED) is 0.905. The normalized spacial score (nSPS) is 17.5. The van der Waals surface area contributed by atoms with E-state index in [1.165, 1.54) is 24.3 Å². The molecule has 0 saturated carbocycles. The number of carbonyl (C=O) groups is 2. The van der Waals surface area contributed by atoms with Crippen molar-refractivity contribution in [2.24, 2.45) is 5.92 Å². The summed E-state index contributed by atoms with van der Waals surface area (Å²) < 4.78 is 18.1. The molecule has 22 heavy (non-hydrogen) atoms. The molecule has 6 heteroatoms. The first-order chi connectivity index (χ1) is 10.5. The minimum atomic E-state index is -0.363. The number of hydrogen-bond donors (Lipinski definition) is 1. The van der Waals surface area contributed by atoms with Gasteiger partial charge in [0, 0.05) is 18.3 Å². The monoisotopic (exact) mass is 308 g/mol. The van der Waals surface area contributed by atoms with Gasteiger partial charge in [-0.05, 0) is 44.5 Å². The van der Waals surface area contributed by atoms with Crippen molar-refractivity contribution < 1.29 is 18.7 Å². The Morgan fingerprint density at radius 2 is 2.05 bits per heavy atom. The highest BCUT2D eigenvalue weighted by Crippen LogP contribution is 2.17. The number of carbonyl (C=O) groups excluding carboxylic acids is 2. The van der Waals surface area contributed by atoms with E-state index < -0.39 is 0 Å². The SMILES string of the molecule is CC(C)N(CC(=O)Nc1ccc(F)cc1)C(=O)[C@H]1CCOC1. The third-order valence-corrected chi connectivity index (χ3v) is 3.63. The molecule has 2 rings (SSSR count). The maximum absolute atomic E-state index is 12.8. The van der Waals surface area contributed by atoms with Crippen LogP contribution in [0.2, 0.25) is 0 Å². The molecule has 1 aromatic carbocycles. The molecule has 1 aromatic rings. The third kappa shape index (κ3) is 4.27. The van der Waals surface area contributed by atoms with Gasteiger partial charge >= 0.3 is 0 Å². The van der Waals surface area contributed by atoms with Crippen molar-refractivity contribution in [3.05, 3.63) is 30.1 Å². The Bertz CT molecular complexity index is 525. The lowest BCUT2D eigenvalue weighted by Gasteiger charge is -2.28. The lowest BCUT2D eigenvalue weighted by atomic mass is 10.1. The second-order valence-corrected chi connectivity index (χ2v) is 5.68. The molecule has 0 radical (unpaired) electrons. The number of ether oxygens (including phenoxy) is 1. The zero-order valence-electron chi connectivity index (χ0n) is 12.8. The zero-order chi connectivity index (χ0) is 16.1. The molecule has 1 aliphatic heterocycles. The topological polar surface area (TPSA) is 58.6 Å².